The number of unbranched alkanes of at least 4 members (excludes halogenated alkanes) is 30. The van der Waals surface area contributed by atoms with E-state index in [0.29, 0.717) is 19.3 Å². The molecule has 0 saturated heterocycles. The number of esters is 3. The van der Waals surface area contributed by atoms with Crippen LogP contribution in [0.25, 0.3) is 0 Å². The lowest BCUT2D eigenvalue weighted by Gasteiger charge is -2.18. The van der Waals surface area contributed by atoms with E-state index in [1.807, 2.05) is 0 Å². The first-order valence-corrected chi connectivity index (χ1v) is 28.3. The second-order valence-electron chi connectivity index (χ2n) is 18.8. The summed E-state index contributed by atoms with van der Waals surface area (Å²) < 4.78 is 16.8. The lowest BCUT2D eigenvalue weighted by Crippen LogP contribution is -2.30. The molecule has 0 amide bonds. The molecular weight excluding hydrogens is 817 g/mol. The number of rotatable bonds is 51. The van der Waals surface area contributed by atoms with E-state index in [-0.39, 0.29) is 37.5 Å². The molecule has 0 saturated carbocycles. The van der Waals surface area contributed by atoms with E-state index < -0.39 is 6.10 Å². The van der Waals surface area contributed by atoms with E-state index in [4.69, 9.17) is 14.2 Å². The summed E-state index contributed by atoms with van der Waals surface area (Å²) in [6, 6.07) is 0. The highest BCUT2D eigenvalue weighted by molar-refractivity contribution is 5.71. The monoisotopic (exact) mass is 923 g/mol. The maximum Gasteiger partial charge on any atom is 0.306 e. The topological polar surface area (TPSA) is 78.9 Å². The summed E-state index contributed by atoms with van der Waals surface area (Å²) in [5.41, 5.74) is 0. The minimum Gasteiger partial charge on any atom is -0.462 e. The Morgan fingerprint density at radius 3 is 0.970 bits per heavy atom. The summed E-state index contributed by atoms with van der Waals surface area (Å²) in [4.78, 5) is 38.1. The highest BCUT2D eigenvalue weighted by Crippen LogP contribution is 2.16. The first-order valence-electron chi connectivity index (χ1n) is 28.3. The normalized spacial score (nSPS) is 12.5. The van der Waals surface area contributed by atoms with Crippen molar-refractivity contribution in [2.24, 2.45) is 0 Å². The van der Waals surface area contributed by atoms with Crippen LogP contribution in [0.3, 0.4) is 0 Å². The Morgan fingerprint density at radius 1 is 0.303 bits per heavy atom. The first-order chi connectivity index (χ1) is 32.5. The van der Waals surface area contributed by atoms with Gasteiger partial charge in [0.2, 0.25) is 0 Å². The second kappa shape index (κ2) is 54.7. The predicted octanol–water partition coefficient (Wildman–Crippen LogP) is 18.8. The summed E-state index contributed by atoms with van der Waals surface area (Å²) in [5, 5.41) is 0. The molecular formula is C60H106O6. The van der Waals surface area contributed by atoms with Gasteiger partial charge in [0.25, 0.3) is 0 Å². The van der Waals surface area contributed by atoms with Gasteiger partial charge in [-0.2, -0.15) is 0 Å². The van der Waals surface area contributed by atoms with Gasteiger partial charge in [0.15, 0.2) is 6.10 Å². The predicted molar refractivity (Wildman–Crippen MR) is 284 cm³/mol. The van der Waals surface area contributed by atoms with E-state index in [2.05, 4.69) is 81.5 Å². The van der Waals surface area contributed by atoms with Crippen molar-refractivity contribution in [3.05, 3.63) is 60.8 Å². The van der Waals surface area contributed by atoms with Crippen LogP contribution >= 0.6 is 0 Å². The molecule has 0 aliphatic carbocycles. The highest BCUT2D eigenvalue weighted by atomic mass is 16.6. The fraction of sp³-hybridized carbons (Fsp3) is 0.783. The van der Waals surface area contributed by atoms with Crippen LogP contribution in [-0.2, 0) is 28.6 Å². The minimum atomic E-state index is -0.795. The Morgan fingerprint density at radius 2 is 0.561 bits per heavy atom. The van der Waals surface area contributed by atoms with Crippen molar-refractivity contribution >= 4 is 17.9 Å². The fourth-order valence-electron chi connectivity index (χ4n) is 7.96. The van der Waals surface area contributed by atoms with Crippen molar-refractivity contribution in [2.75, 3.05) is 13.2 Å². The molecule has 1 unspecified atom stereocenters. The Balaban J connectivity index is 4.45. The third kappa shape index (κ3) is 52.1. The van der Waals surface area contributed by atoms with E-state index >= 15 is 0 Å². The zero-order valence-corrected chi connectivity index (χ0v) is 43.7. The maximum atomic E-state index is 12.8. The van der Waals surface area contributed by atoms with Crippen molar-refractivity contribution in [2.45, 2.75) is 290 Å². The molecule has 6 nitrogen and oxygen atoms in total. The Bertz CT molecular complexity index is 1200. The van der Waals surface area contributed by atoms with Crippen LogP contribution in [-0.4, -0.2) is 37.2 Å². The highest BCUT2D eigenvalue weighted by Gasteiger charge is 2.19. The summed E-state index contributed by atoms with van der Waals surface area (Å²) in [6.45, 7) is 6.57. The Hall–Kier alpha value is -2.89. The molecule has 1 atom stereocenters. The third-order valence-corrected chi connectivity index (χ3v) is 12.2. The molecule has 0 aliphatic rings. The molecule has 0 radical (unpaired) electrons. The molecule has 382 valence electrons. The number of allylic oxidation sites excluding steroid dienone is 10. The number of hydrogen-bond donors (Lipinski definition) is 0. The fourth-order valence-corrected chi connectivity index (χ4v) is 7.96. The van der Waals surface area contributed by atoms with Crippen molar-refractivity contribution in [3.8, 4) is 0 Å². The number of hydrogen-bond acceptors (Lipinski definition) is 6. The van der Waals surface area contributed by atoms with Crippen LogP contribution in [0.15, 0.2) is 60.8 Å². The molecule has 66 heavy (non-hydrogen) atoms. The molecule has 0 fully saturated rings. The lowest BCUT2D eigenvalue weighted by molar-refractivity contribution is -0.167. The smallest absolute Gasteiger partial charge is 0.306 e. The van der Waals surface area contributed by atoms with Gasteiger partial charge in [-0.05, 0) is 83.5 Å². The zero-order chi connectivity index (χ0) is 47.9. The van der Waals surface area contributed by atoms with Crippen LogP contribution in [0.4, 0.5) is 0 Å². The molecule has 0 N–H and O–H groups in total. The van der Waals surface area contributed by atoms with Gasteiger partial charge in [-0.25, -0.2) is 0 Å². The van der Waals surface area contributed by atoms with Gasteiger partial charge in [-0.3, -0.25) is 14.4 Å². The van der Waals surface area contributed by atoms with Gasteiger partial charge in [0.1, 0.15) is 13.2 Å². The SMILES string of the molecule is CCCCC/C=C\C/C=C\C/C=C\C/C=C\CCCC(=O)OCC(COC(=O)CCCCCCCCC/C=C\CCCCCC)OC(=O)CCCCCCCCCCCCCCCCCC. The number of ether oxygens (including phenoxy) is 3. The largest absolute Gasteiger partial charge is 0.462 e. The van der Waals surface area contributed by atoms with Crippen molar-refractivity contribution < 1.29 is 28.6 Å². The summed E-state index contributed by atoms with van der Waals surface area (Å²) in [7, 11) is 0. The molecule has 0 aromatic carbocycles. The van der Waals surface area contributed by atoms with Gasteiger partial charge in [-0.1, -0.05) is 242 Å². The molecule has 0 heterocycles. The van der Waals surface area contributed by atoms with E-state index in [1.54, 1.807) is 0 Å². The quantitative estimate of drug-likeness (QED) is 0.0262. The Kier molecular flexibility index (Phi) is 52.3. The van der Waals surface area contributed by atoms with Crippen molar-refractivity contribution in [1.82, 2.24) is 0 Å². The van der Waals surface area contributed by atoms with Gasteiger partial charge < -0.3 is 14.2 Å². The molecule has 0 aromatic rings. The van der Waals surface area contributed by atoms with Crippen molar-refractivity contribution in [1.29, 1.82) is 0 Å². The second-order valence-corrected chi connectivity index (χ2v) is 18.8. The lowest BCUT2D eigenvalue weighted by atomic mass is 10.0. The van der Waals surface area contributed by atoms with Crippen LogP contribution in [0, 0.1) is 0 Å². The third-order valence-electron chi connectivity index (χ3n) is 12.2. The summed E-state index contributed by atoms with van der Waals surface area (Å²) in [5.74, 6) is -0.942. The van der Waals surface area contributed by atoms with Crippen LogP contribution < -0.4 is 0 Å². The number of carbonyl (C=O) groups excluding carboxylic acids is 3. The van der Waals surface area contributed by atoms with E-state index in [9.17, 15) is 14.4 Å². The Labute approximate surface area is 409 Å². The molecule has 6 heteroatoms. The van der Waals surface area contributed by atoms with Gasteiger partial charge in [0.05, 0.1) is 0 Å². The first kappa shape index (κ1) is 63.1. The standard InChI is InChI=1S/C60H106O6/c1-4-7-10-13-16-19-22-25-28-30-33-35-38-41-44-47-50-53-59(62)65-56-57(55-64-58(61)52-49-46-43-40-37-34-31-27-24-21-18-15-12-9-6-3)66-60(63)54-51-48-45-42-39-36-32-29-26-23-20-17-14-11-8-5-2/h16,19,21,24-25,28,33,35,41,44,57H,4-15,17-18,20,22-23,26-27,29-32,34,36-40,42-43,45-56H2,1-3H3/b19-16-,24-21-,28-25-,35-33-,44-41-. The van der Waals surface area contributed by atoms with E-state index in [1.165, 1.54) is 173 Å². The van der Waals surface area contributed by atoms with Gasteiger partial charge in [0, 0.05) is 19.3 Å². The van der Waals surface area contributed by atoms with Gasteiger partial charge >= 0.3 is 17.9 Å². The average molecular weight is 924 g/mol. The van der Waals surface area contributed by atoms with Gasteiger partial charge in [-0.15, -0.1) is 0 Å². The average Bonchev–Trinajstić information content (AvgIpc) is 3.31. The summed E-state index contributed by atoms with van der Waals surface area (Å²) in [6.07, 6.45) is 67.8. The van der Waals surface area contributed by atoms with E-state index in [0.717, 1.165) is 64.2 Å². The maximum absolute atomic E-state index is 12.8. The number of carbonyl (C=O) groups is 3. The summed E-state index contributed by atoms with van der Waals surface area (Å²) >= 11 is 0. The molecule has 0 bridgehead atoms. The minimum absolute atomic E-state index is 0.0911. The zero-order valence-electron chi connectivity index (χ0n) is 43.7. The van der Waals surface area contributed by atoms with Crippen LogP contribution in [0.2, 0.25) is 0 Å². The van der Waals surface area contributed by atoms with Crippen LogP contribution in [0.5, 0.6) is 0 Å². The molecule has 0 rings (SSSR count). The van der Waals surface area contributed by atoms with Crippen molar-refractivity contribution in [3.63, 3.8) is 0 Å². The molecule has 0 aromatic heterocycles. The van der Waals surface area contributed by atoms with Crippen LogP contribution in [0.1, 0.15) is 284 Å². The molecule has 0 aliphatic heterocycles. The molecule has 0 spiro atoms.